The molecule has 6 nitrogen and oxygen atoms in total. The highest BCUT2D eigenvalue weighted by molar-refractivity contribution is 6.74. The fourth-order valence-corrected chi connectivity index (χ4v) is 4.34. The van der Waals surface area contributed by atoms with E-state index in [0.29, 0.717) is 12.1 Å². The van der Waals surface area contributed by atoms with Crippen LogP contribution in [0, 0.1) is 0 Å². The predicted molar refractivity (Wildman–Crippen MR) is 104 cm³/mol. The molecule has 1 aromatic rings. The summed E-state index contributed by atoms with van der Waals surface area (Å²) < 4.78 is 18.5. The van der Waals surface area contributed by atoms with E-state index < -0.39 is 8.32 Å². The van der Waals surface area contributed by atoms with Gasteiger partial charge in [-0.2, -0.15) is 0 Å². The molecular weight excluding hydrogens is 348 g/mol. The van der Waals surface area contributed by atoms with E-state index in [1.807, 2.05) is 13.0 Å². The Bertz CT molecular complexity index is 645. The number of nitrogen functional groups attached to an aromatic ring is 1. The highest BCUT2D eigenvalue weighted by Crippen LogP contribution is 2.42. The van der Waals surface area contributed by atoms with Crippen LogP contribution >= 0.6 is 0 Å². The maximum absolute atomic E-state index is 11.7. The van der Waals surface area contributed by atoms with Gasteiger partial charge in [0.05, 0.1) is 24.1 Å². The molecule has 0 bridgehead atoms. The summed E-state index contributed by atoms with van der Waals surface area (Å²) in [6.07, 6.45) is 2.68. The van der Waals surface area contributed by atoms with E-state index in [1.165, 1.54) is 6.92 Å². The minimum atomic E-state index is -2.05. The zero-order valence-corrected chi connectivity index (χ0v) is 17.9. The van der Waals surface area contributed by atoms with Gasteiger partial charge in [-0.15, -0.1) is 0 Å². The lowest BCUT2D eigenvalue weighted by molar-refractivity contribution is -0.185. The standard InChI is InChI=1S/C19H32N2O4Si/c1-12-18(25-26(6,7)19(3,4)5)17(24-13(2)22)10-16(23-12)14-8-9-21-11-15(14)20/h8-9,11-12,16-18H,10,20H2,1-7H3/t12-,16+,17-,18-/m0/s1. The zero-order chi connectivity index (χ0) is 19.7. The number of pyridine rings is 1. The largest absolute Gasteiger partial charge is 0.460 e. The number of nitrogens with two attached hydrogens (primary N) is 1. The molecule has 2 heterocycles. The van der Waals surface area contributed by atoms with E-state index >= 15 is 0 Å². The molecule has 0 radical (unpaired) electrons. The average Bonchev–Trinajstić information content (AvgIpc) is 2.49. The molecule has 7 heteroatoms. The SMILES string of the molecule is CC(=O)O[C@H]1C[C@H](c2ccncc2N)O[C@@H](C)[C@@H]1O[Si](C)(C)C(C)(C)C. The Balaban J connectivity index is 2.27. The third-order valence-corrected chi connectivity index (χ3v) is 9.92. The molecule has 2 rings (SSSR count). The van der Waals surface area contributed by atoms with E-state index in [2.05, 4.69) is 38.8 Å². The topological polar surface area (TPSA) is 83.7 Å². The maximum Gasteiger partial charge on any atom is 0.302 e. The van der Waals surface area contributed by atoms with Gasteiger partial charge in [0.2, 0.25) is 0 Å². The number of carbonyl (C=O) groups is 1. The fraction of sp³-hybridized carbons (Fsp3) is 0.684. The predicted octanol–water partition coefficient (Wildman–Crippen LogP) is 3.84. The molecular formula is C19H32N2O4Si. The van der Waals surface area contributed by atoms with Gasteiger partial charge in [0, 0.05) is 25.1 Å². The van der Waals surface area contributed by atoms with Crippen molar-refractivity contribution in [2.75, 3.05) is 5.73 Å². The van der Waals surface area contributed by atoms with E-state index in [4.69, 9.17) is 19.6 Å². The zero-order valence-electron chi connectivity index (χ0n) is 16.9. The van der Waals surface area contributed by atoms with Crippen molar-refractivity contribution in [3.8, 4) is 0 Å². The second-order valence-corrected chi connectivity index (χ2v) is 13.3. The summed E-state index contributed by atoms with van der Waals surface area (Å²) in [7, 11) is -2.05. The van der Waals surface area contributed by atoms with Gasteiger partial charge in [0.25, 0.3) is 0 Å². The van der Waals surface area contributed by atoms with Gasteiger partial charge in [-0.05, 0) is 31.1 Å². The van der Waals surface area contributed by atoms with Gasteiger partial charge in [-0.25, -0.2) is 0 Å². The Hall–Kier alpha value is -1.44. The first kappa shape index (κ1) is 20.9. The molecule has 0 amide bonds. The van der Waals surface area contributed by atoms with Crippen molar-refractivity contribution in [3.05, 3.63) is 24.0 Å². The second-order valence-electron chi connectivity index (χ2n) is 8.56. The van der Waals surface area contributed by atoms with Crippen LogP contribution in [0.15, 0.2) is 18.5 Å². The van der Waals surface area contributed by atoms with Crippen LogP contribution < -0.4 is 5.73 Å². The van der Waals surface area contributed by atoms with Crippen molar-refractivity contribution >= 4 is 20.0 Å². The Kier molecular flexibility index (Phi) is 6.15. The highest BCUT2D eigenvalue weighted by atomic mass is 28.4. The number of aromatic nitrogens is 1. The molecule has 1 aliphatic rings. The number of rotatable bonds is 4. The first-order chi connectivity index (χ1) is 11.9. The summed E-state index contributed by atoms with van der Waals surface area (Å²) >= 11 is 0. The van der Waals surface area contributed by atoms with Gasteiger partial charge in [0.15, 0.2) is 8.32 Å². The van der Waals surface area contributed by atoms with Crippen molar-refractivity contribution in [1.82, 2.24) is 4.98 Å². The van der Waals surface area contributed by atoms with Crippen LogP contribution in [-0.4, -0.2) is 37.6 Å². The molecule has 4 atom stereocenters. The molecule has 0 saturated carbocycles. The first-order valence-corrected chi connectivity index (χ1v) is 12.0. The van der Waals surface area contributed by atoms with Crippen molar-refractivity contribution in [3.63, 3.8) is 0 Å². The van der Waals surface area contributed by atoms with Crippen LogP contribution in [0.2, 0.25) is 18.1 Å². The molecule has 0 aliphatic carbocycles. The van der Waals surface area contributed by atoms with Crippen LogP contribution in [0.4, 0.5) is 5.69 Å². The van der Waals surface area contributed by atoms with E-state index in [-0.39, 0.29) is 35.4 Å². The summed E-state index contributed by atoms with van der Waals surface area (Å²) in [5.41, 5.74) is 7.51. The van der Waals surface area contributed by atoms with Crippen LogP contribution in [-0.2, 0) is 18.7 Å². The molecule has 2 N–H and O–H groups in total. The van der Waals surface area contributed by atoms with Crippen molar-refractivity contribution < 1.29 is 18.7 Å². The summed E-state index contributed by atoms with van der Waals surface area (Å²) in [5, 5.41) is 0.0554. The van der Waals surface area contributed by atoms with Crippen molar-refractivity contribution in [2.45, 2.75) is 83.6 Å². The van der Waals surface area contributed by atoms with Crippen LogP contribution in [0.3, 0.4) is 0 Å². The fourth-order valence-electron chi connectivity index (χ4n) is 2.97. The number of nitrogens with zero attached hydrogens (tertiary/aromatic N) is 1. The Morgan fingerprint density at radius 2 is 2.04 bits per heavy atom. The molecule has 0 aromatic carbocycles. The number of esters is 1. The van der Waals surface area contributed by atoms with E-state index in [9.17, 15) is 4.79 Å². The number of ether oxygens (including phenoxy) is 2. The minimum absolute atomic E-state index is 0.0554. The smallest absolute Gasteiger partial charge is 0.302 e. The van der Waals surface area contributed by atoms with Gasteiger partial charge >= 0.3 is 5.97 Å². The van der Waals surface area contributed by atoms with Gasteiger partial charge < -0.3 is 19.6 Å². The number of anilines is 1. The van der Waals surface area contributed by atoms with Crippen LogP contribution in [0.5, 0.6) is 0 Å². The number of hydrogen-bond donors (Lipinski definition) is 1. The lowest BCUT2D eigenvalue weighted by Gasteiger charge is -2.46. The Morgan fingerprint density at radius 1 is 1.38 bits per heavy atom. The van der Waals surface area contributed by atoms with Gasteiger partial charge in [-0.1, -0.05) is 20.8 Å². The number of hydrogen-bond acceptors (Lipinski definition) is 6. The lowest BCUT2D eigenvalue weighted by Crippen LogP contribution is -2.54. The average molecular weight is 381 g/mol. The maximum atomic E-state index is 11.7. The molecule has 26 heavy (non-hydrogen) atoms. The molecule has 0 unspecified atom stereocenters. The van der Waals surface area contributed by atoms with Crippen molar-refractivity contribution in [2.24, 2.45) is 0 Å². The number of carbonyl (C=O) groups excluding carboxylic acids is 1. The molecule has 146 valence electrons. The quantitative estimate of drug-likeness (QED) is 0.631. The summed E-state index contributed by atoms with van der Waals surface area (Å²) in [6.45, 7) is 14.4. The lowest BCUT2D eigenvalue weighted by atomic mass is 9.94. The summed E-state index contributed by atoms with van der Waals surface area (Å²) in [5.74, 6) is -0.311. The van der Waals surface area contributed by atoms with Gasteiger partial charge in [-0.3, -0.25) is 9.78 Å². The second kappa shape index (κ2) is 7.66. The summed E-state index contributed by atoms with van der Waals surface area (Å²) in [6, 6.07) is 1.85. The third kappa shape index (κ3) is 4.63. The normalized spacial score (nSPS) is 27.2. The van der Waals surface area contributed by atoms with Gasteiger partial charge in [0.1, 0.15) is 12.2 Å². The molecule has 1 fully saturated rings. The van der Waals surface area contributed by atoms with Crippen molar-refractivity contribution in [1.29, 1.82) is 0 Å². The molecule has 0 spiro atoms. The monoisotopic (exact) mass is 380 g/mol. The summed E-state index contributed by atoms with van der Waals surface area (Å²) in [4.78, 5) is 15.7. The molecule has 1 saturated heterocycles. The van der Waals surface area contributed by atoms with E-state index in [1.54, 1.807) is 12.4 Å². The van der Waals surface area contributed by atoms with Crippen LogP contribution in [0.1, 0.15) is 52.7 Å². The van der Waals surface area contributed by atoms with Crippen LogP contribution in [0.25, 0.3) is 0 Å². The Labute approximate surface area is 157 Å². The molecule has 1 aromatic heterocycles. The third-order valence-electron chi connectivity index (χ3n) is 5.44. The minimum Gasteiger partial charge on any atom is -0.460 e. The van der Waals surface area contributed by atoms with E-state index in [0.717, 1.165) is 5.56 Å². The Morgan fingerprint density at radius 3 is 2.58 bits per heavy atom. The highest BCUT2D eigenvalue weighted by Gasteiger charge is 2.46. The first-order valence-electron chi connectivity index (χ1n) is 9.12. The molecule has 1 aliphatic heterocycles.